The van der Waals surface area contributed by atoms with Gasteiger partial charge < -0.3 is 4.90 Å². The van der Waals surface area contributed by atoms with Gasteiger partial charge in [0, 0.05) is 31.5 Å². The number of nitrogens with zero attached hydrogens (tertiary/aromatic N) is 2. The standard InChI is InChI=1S/C17H24N2O/c1-3-18-11-9-17(15-7-5-4-6-8-15)10-12-19(14(2)20)13-16(17)18/h4-8,16H,3,9-13H2,1-2H3/t16-,17+/m1/s1. The molecule has 1 aromatic carbocycles. The van der Waals surface area contributed by atoms with Crippen molar-refractivity contribution in [3.63, 3.8) is 0 Å². The lowest BCUT2D eigenvalue weighted by molar-refractivity contribution is -0.131. The summed E-state index contributed by atoms with van der Waals surface area (Å²) in [4.78, 5) is 16.3. The molecule has 0 aromatic heterocycles. The van der Waals surface area contributed by atoms with Gasteiger partial charge in [0.1, 0.15) is 0 Å². The minimum absolute atomic E-state index is 0.217. The van der Waals surface area contributed by atoms with Gasteiger partial charge in [0.05, 0.1) is 0 Å². The highest BCUT2D eigenvalue weighted by Crippen LogP contribution is 2.45. The predicted octanol–water partition coefficient (Wildman–Crippen LogP) is 2.27. The molecule has 3 rings (SSSR count). The van der Waals surface area contributed by atoms with Crippen LogP contribution in [-0.4, -0.2) is 47.9 Å². The molecule has 0 unspecified atom stereocenters. The third kappa shape index (κ3) is 2.05. The summed E-state index contributed by atoms with van der Waals surface area (Å²) in [6.45, 7) is 7.94. The molecule has 0 radical (unpaired) electrons. The summed E-state index contributed by atoms with van der Waals surface area (Å²) in [5.41, 5.74) is 1.72. The molecule has 2 aliphatic rings. The number of hydrogen-bond donors (Lipinski definition) is 0. The van der Waals surface area contributed by atoms with Gasteiger partial charge in [-0.3, -0.25) is 9.69 Å². The van der Waals surface area contributed by atoms with Crippen LogP contribution in [0.3, 0.4) is 0 Å². The van der Waals surface area contributed by atoms with Crippen LogP contribution in [-0.2, 0) is 10.2 Å². The smallest absolute Gasteiger partial charge is 0.219 e. The zero-order valence-corrected chi connectivity index (χ0v) is 12.5. The normalized spacial score (nSPS) is 30.3. The maximum atomic E-state index is 11.7. The van der Waals surface area contributed by atoms with Gasteiger partial charge in [-0.25, -0.2) is 0 Å². The molecule has 2 atom stereocenters. The van der Waals surface area contributed by atoms with Gasteiger partial charge in [-0.2, -0.15) is 0 Å². The Hall–Kier alpha value is -1.35. The van der Waals surface area contributed by atoms with Crippen molar-refractivity contribution in [3.8, 4) is 0 Å². The SMILES string of the molecule is CCN1CC[C@@]2(c3ccccc3)CCN(C(C)=O)C[C@@H]12. The molecule has 0 bridgehead atoms. The molecule has 3 heteroatoms. The van der Waals surface area contributed by atoms with Crippen LogP contribution in [0.4, 0.5) is 0 Å². The van der Waals surface area contributed by atoms with Gasteiger partial charge in [-0.15, -0.1) is 0 Å². The monoisotopic (exact) mass is 272 g/mol. The molecule has 1 amide bonds. The minimum atomic E-state index is 0.217. The summed E-state index contributed by atoms with van der Waals surface area (Å²) < 4.78 is 0. The van der Waals surface area contributed by atoms with Crippen molar-refractivity contribution in [3.05, 3.63) is 35.9 Å². The Morgan fingerprint density at radius 1 is 1.25 bits per heavy atom. The Balaban J connectivity index is 1.95. The molecule has 2 heterocycles. The van der Waals surface area contributed by atoms with Crippen LogP contribution in [0.2, 0.25) is 0 Å². The van der Waals surface area contributed by atoms with Crippen molar-refractivity contribution in [2.75, 3.05) is 26.2 Å². The van der Waals surface area contributed by atoms with Crippen molar-refractivity contribution in [1.82, 2.24) is 9.80 Å². The van der Waals surface area contributed by atoms with Gasteiger partial charge >= 0.3 is 0 Å². The van der Waals surface area contributed by atoms with Crippen molar-refractivity contribution in [1.29, 1.82) is 0 Å². The van der Waals surface area contributed by atoms with Crippen LogP contribution in [0.1, 0.15) is 32.3 Å². The van der Waals surface area contributed by atoms with E-state index in [1.807, 2.05) is 4.90 Å². The first-order valence-corrected chi connectivity index (χ1v) is 7.72. The Labute approximate surface area is 121 Å². The lowest BCUT2D eigenvalue weighted by atomic mass is 9.69. The van der Waals surface area contributed by atoms with E-state index in [0.717, 1.165) is 32.6 Å². The number of rotatable bonds is 2. The second-order valence-electron chi connectivity index (χ2n) is 6.13. The molecule has 1 aromatic rings. The van der Waals surface area contributed by atoms with Gasteiger partial charge in [0.2, 0.25) is 5.91 Å². The average molecular weight is 272 g/mol. The Bertz CT molecular complexity index is 487. The summed E-state index contributed by atoms with van der Waals surface area (Å²) in [6.07, 6.45) is 2.32. The Kier molecular flexibility index (Phi) is 3.55. The number of hydrogen-bond acceptors (Lipinski definition) is 2. The lowest BCUT2D eigenvalue weighted by Gasteiger charge is -2.46. The maximum Gasteiger partial charge on any atom is 0.219 e. The number of carbonyl (C=O) groups excluding carboxylic acids is 1. The largest absolute Gasteiger partial charge is 0.341 e. The molecular formula is C17H24N2O. The lowest BCUT2D eigenvalue weighted by Crippen LogP contribution is -2.56. The fourth-order valence-corrected chi connectivity index (χ4v) is 4.15. The average Bonchev–Trinajstić information content (AvgIpc) is 2.87. The summed E-state index contributed by atoms with van der Waals surface area (Å²) in [5.74, 6) is 0.217. The fourth-order valence-electron chi connectivity index (χ4n) is 4.15. The number of likely N-dealkylation sites (N-methyl/N-ethyl adjacent to an activating group) is 1. The highest BCUT2D eigenvalue weighted by molar-refractivity contribution is 5.73. The van der Waals surface area contributed by atoms with E-state index in [1.165, 1.54) is 12.0 Å². The summed E-state index contributed by atoms with van der Waals surface area (Å²) in [5, 5.41) is 0. The van der Waals surface area contributed by atoms with E-state index < -0.39 is 0 Å². The minimum Gasteiger partial charge on any atom is -0.341 e. The van der Waals surface area contributed by atoms with Crippen LogP contribution < -0.4 is 0 Å². The van der Waals surface area contributed by atoms with Gasteiger partial charge in [0.15, 0.2) is 0 Å². The number of likely N-dealkylation sites (tertiary alicyclic amines) is 2. The highest BCUT2D eigenvalue weighted by atomic mass is 16.2. The number of amides is 1. The quantitative estimate of drug-likeness (QED) is 0.824. The van der Waals surface area contributed by atoms with E-state index in [4.69, 9.17) is 0 Å². The van der Waals surface area contributed by atoms with Crippen LogP contribution in [0.5, 0.6) is 0 Å². The fraction of sp³-hybridized carbons (Fsp3) is 0.588. The summed E-state index contributed by atoms with van der Waals surface area (Å²) in [7, 11) is 0. The van der Waals surface area contributed by atoms with E-state index in [1.54, 1.807) is 6.92 Å². The molecule has 0 saturated carbocycles. The zero-order valence-electron chi connectivity index (χ0n) is 12.5. The van der Waals surface area contributed by atoms with E-state index in [2.05, 4.69) is 42.2 Å². The Morgan fingerprint density at radius 3 is 2.60 bits per heavy atom. The van der Waals surface area contributed by atoms with Crippen LogP contribution >= 0.6 is 0 Å². The Morgan fingerprint density at radius 2 is 1.95 bits per heavy atom. The van der Waals surface area contributed by atoms with E-state index in [0.29, 0.717) is 6.04 Å². The highest BCUT2D eigenvalue weighted by Gasteiger charge is 2.50. The summed E-state index contributed by atoms with van der Waals surface area (Å²) >= 11 is 0. The molecule has 2 aliphatic heterocycles. The molecule has 0 spiro atoms. The van der Waals surface area contributed by atoms with E-state index in [9.17, 15) is 4.79 Å². The molecule has 0 N–H and O–H groups in total. The van der Waals surface area contributed by atoms with Crippen LogP contribution in [0.25, 0.3) is 0 Å². The number of carbonyl (C=O) groups is 1. The van der Waals surface area contributed by atoms with Crippen molar-refractivity contribution in [2.45, 2.75) is 38.1 Å². The van der Waals surface area contributed by atoms with Gasteiger partial charge in [-0.1, -0.05) is 37.3 Å². The second-order valence-corrected chi connectivity index (χ2v) is 6.13. The molecule has 3 nitrogen and oxygen atoms in total. The number of benzene rings is 1. The molecule has 2 saturated heterocycles. The first-order chi connectivity index (χ1) is 9.67. The summed E-state index contributed by atoms with van der Waals surface area (Å²) in [6, 6.07) is 11.4. The van der Waals surface area contributed by atoms with Crippen LogP contribution in [0, 0.1) is 0 Å². The van der Waals surface area contributed by atoms with Crippen molar-refractivity contribution in [2.24, 2.45) is 0 Å². The first kappa shape index (κ1) is 13.6. The molecule has 2 fully saturated rings. The third-order valence-corrected chi connectivity index (χ3v) is 5.35. The van der Waals surface area contributed by atoms with Gasteiger partial charge in [-0.05, 0) is 31.5 Å². The van der Waals surface area contributed by atoms with Gasteiger partial charge in [0.25, 0.3) is 0 Å². The van der Waals surface area contributed by atoms with Crippen molar-refractivity contribution >= 4 is 5.91 Å². The second kappa shape index (κ2) is 5.21. The molecule has 0 aliphatic carbocycles. The van der Waals surface area contributed by atoms with Crippen LogP contribution in [0.15, 0.2) is 30.3 Å². The van der Waals surface area contributed by atoms with E-state index in [-0.39, 0.29) is 11.3 Å². The topological polar surface area (TPSA) is 23.6 Å². The maximum absolute atomic E-state index is 11.7. The zero-order chi connectivity index (χ0) is 14.2. The van der Waals surface area contributed by atoms with E-state index >= 15 is 0 Å². The van der Waals surface area contributed by atoms with Crippen molar-refractivity contribution < 1.29 is 4.79 Å². The predicted molar refractivity (Wildman–Crippen MR) is 80.6 cm³/mol. The third-order valence-electron chi connectivity index (χ3n) is 5.35. The molecule has 108 valence electrons. The number of piperidine rings is 1. The molecular weight excluding hydrogens is 248 g/mol. The number of fused-ring (bicyclic) bond motifs is 1. The first-order valence-electron chi connectivity index (χ1n) is 7.72. The molecule has 20 heavy (non-hydrogen) atoms.